The summed E-state index contributed by atoms with van der Waals surface area (Å²) < 4.78 is 0. The van der Waals surface area contributed by atoms with Crippen molar-refractivity contribution in [1.29, 1.82) is 0 Å². The summed E-state index contributed by atoms with van der Waals surface area (Å²) in [5.41, 5.74) is 0. The highest BCUT2D eigenvalue weighted by Gasteiger charge is 2.43. The smallest absolute Gasteiger partial charge is 0.322 e. The van der Waals surface area contributed by atoms with Gasteiger partial charge in [0.15, 0.2) is 0 Å². The van der Waals surface area contributed by atoms with Gasteiger partial charge in [-0.15, -0.1) is 0 Å². The van der Waals surface area contributed by atoms with E-state index >= 15 is 0 Å². The lowest BCUT2D eigenvalue weighted by atomic mass is 9.83. The Morgan fingerprint density at radius 2 is 1.22 bits per heavy atom. The summed E-state index contributed by atoms with van der Waals surface area (Å²) in [4.78, 5) is 141. The van der Waals surface area contributed by atoms with Crippen molar-refractivity contribution in [3.8, 4) is 0 Å². The second kappa shape index (κ2) is 24.3. The van der Waals surface area contributed by atoms with Crippen molar-refractivity contribution in [3.05, 3.63) is 0 Å². The van der Waals surface area contributed by atoms with Crippen LogP contribution in [0, 0.1) is 11.8 Å². The molecular formula is C38H59N7O14. The topological polar surface area (TPSA) is 324 Å². The van der Waals surface area contributed by atoms with Crippen LogP contribution in [0.2, 0.25) is 0 Å². The Hall–Kier alpha value is -5.63. The van der Waals surface area contributed by atoms with Gasteiger partial charge in [-0.3, -0.25) is 52.7 Å². The highest BCUT2D eigenvalue weighted by Crippen LogP contribution is 2.30. The number of carboxylic acid groups (broad SMARTS) is 3. The maximum absolute atomic E-state index is 14.4. The van der Waals surface area contributed by atoms with E-state index < -0.39 is 133 Å². The number of amides is 7. The molecule has 1 aliphatic carbocycles. The van der Waals surface area contributed by atoms with Crippen molar-refractivity contribution < 1.29 is 68.1 Å². The molecule has 21 heteroatoms. The lowest BCUT2D eigenvalue weighted by molar-refractivity contribution is -0.145. The Kier molecular flexibility index (Phi) is 20.4. The van der Waals surface area contributed by atoms with E-state index in [1.807, 2.05) is 5.32 Å². The SMILES string of the molecule is CCCC(NC(=O)C1CCCN1C(=O)C(NC(=O)C(NC(=O)C(CCC(=O)O)NC(=O)C(CCC(=O)O)NC(C)=O)C(C)C)C1CCCCC1)C(=O)C(=O)NCC(=O)O. The van der Waals surface area contributed by atoms with Crippen LogP contribution in [-0.2, 0) is 52.7 Å². The van der Waals surface area contributed by atoms with Gasteiger partial charge in [0.1, 0.15) is 36.8 Å². The average molecular weight is 838 g/mol. The number of rotatable bonds is 24. The monoisotopic (exact) mass is 837 g/mol. The fourth-order valence-corrected chi connectivity index (χ4v) is 7.18. The second-order valence-electron chi connectivity index (χ2n) is 15.3. The third kappa shape index (κ3) is 16.3. The molecule has 1 aliphatic heterocycles. The van der Waals surface area contributed by atoms with Gasteiger partial charge >= 0.3 is 17.9 Å². The molecule has 2 aliphatic rings. The summed E-state index contributed by atoms with van der Waals surface area (Å²) in [5, 5.41) is 41.9. The van der Waals surface area contributed by atoms with E-state index in [0.717, 1.165) is 26.2 Å². The van der Waals surface area contributed by atoms with Crippen LogP contribution in [0.25, 0.3) is 0 Å². The van der Waals surface area contributed by atoms with Gasteiger partial charge in [0, 0.05) is 26.3 Å². The molecule has 1 saturated heterocycles. The number of hydrogen-bond acceptors (Lipinski definition) is 11. The fourth-order valence-electron chi connectivity index (χ4n) is 7.18. The molecule has 6 unspecified atom stereocenters. The van der Waals surface area contributed by atoms with E-state index in [0.29, 0.717) is 25.7 Å². The zero-order chi connectivity index (χ0) is 44.4. The third-order valence-corrected chi connectivity index (χ3v) is 10.2. The van der Waals surface area contributed by atoms with Gasteiger partial charge < -0.3 is 52.1 Å². The summed E-state index contributed by atoms with van der Waals surface area (Å²) >= 11 is 0. The summed E-state index contributed by atoms with van der Waals surface area (Å²) in [6.07, 6.45) is 2.81. The number of carbonyl (C=O) groups excluding carboxylic acids is 8. The van der Waals surface area contributed by atoms with E-state index in [9.17, 15) is 57.8 Å². The molecule has 59 heavy (non-hydrogen) atoms. The third-order valence-electron chi connectivity index (χ3n) is 10.2. The van der Waals surface area contributed by atoms with Gasteiger partial charge in [-0.25, -0.2) is 0 Å². The molecule has 0 aromatic rings. The van der Waals surface area contributed by atoms with E-state index in [4.69, 9.17) is 10.2 Å². The Morgan fingerprint density at radius 1 is 0.644 bits per heavy atom. The molecular weight excluding hydrogens is 778 g/mol. The van der Waals surface area contributed by atoms with Crippen molar-refractivity contribution in [2.45, 2.75) is 147 Å². The Balaban J connectivity index is 2.34. The number of Topliss-reactive ketones (excluding diaryl/α,β-unsaturated/α-hetero) is 1. The number of nitrogens with one attached hydrogen (secondary N) is 6. The van der Waals surface area contributed by atoms with Crippen molar-refractivity contribution in [3.63, 3.8) is 0 Å². The molecule has 0 radical (unpaired) electrons. The molecule has 2 rings (SSSR count). The van der Waals surface area contributed by atoms with Gasteiger partial charge in [-0.1, -0.05) is 46.5 Å². The first-order valence-corrected chi connectivity index (χ1v) is 20.0. The Bertz CT molecular complexity index is 1580. The van der Waals surface area contributed by atoms with Crippen LogP contribution < -0.4 is 31.9 Å². The van der Waals surface area contributed by atoms with Crippen LogP contribution in [0.15, 0.2) is 0 Å². The van der Waals surface area contributed by atoms with Crippen LogP contribution in [0.5, 0.6) is 0 Å². The number of carboxylic acids is 3. The molecule has 0 aromatic carbocycles. The largest absolute Gasteiger partial charge is 0.481 e. The number of carbonyl (C=O) groups is 11. The summed E-state index contributed by atoms with van der Waals surface area (Å²) in [5.74, 6) is -11.7. The van der Waals surface area contributed by atoms with Crippen LogP contribution in [-0.4, -0.2) is 135 Å². The van der Waals surface area contributed by atoms with Crippen molar-refractivity contribution in [1.82, 2.24) is 36.8 Å². The Labute approximate surface area is 341 Å². The zero-order valence-electron chi connectivity index (χ0n) is 34.0. The second-order valence-corrected chi connectivity index (χ2v) is 15.3. The van der Waals surface area contributed by atoms with Crippen molar-refractivity contribution >= 4 is 65.0 Å². The lowest BCUT2D eigenvalue weighted by Crippen LogP contribution is -2.61. The zero-order valence-corrected chi connectivity index (χ0v) is 34.0. The number of nitrogens with zero attached hydrogens (tertiary/aromatic N) is 1. The minimum atomic E-state index is -1.53. The minimum absolute atomic E-state index is 0.0657. The van der Waals surface area contributed by atoms with Gasteiger partial charge in [-0.05, 0) is 56.8 Å². The van der Waals surface area contributed by atoms with Gasteiger partial charge in [0.25, 0.3) is 5.91 Å². The van der Waals surface area contributed by atoms with Crippen LogP contribution in [0.4, 0.5) is 0 Å². The molecule has 6 atom stereocenters. The molecule has 330 valence electrons. The predicted octanol–water partition coefficient (Wildman–Crippen LogP) is -1.04. The Morgan fingerprint density at radius 3 is 1.75 bits per heavy atom. The molecule has 0 spiro atoms. The molecule has 7 amide bonds. The highest BCUT2D eigenvalue weighted by molar-refractivity contribution is 6.38. The first-order valence-electron chi connectivity index (χ1n) is 20.0. The molecule has 21 nitrogen and oxygen atoms in total. The van der Waals surface area contributed by atoms with Crippen LogP contribution in [0.3, 0.4) is 0 Å². The summed E-state index contributed by atoms with van der Waals surface area (Å²) in [6.45, 7) is 5.40. The quantitative estimate of drug-likeness (QED) is 0.0525. The highest BCUT2D eigenvalue weighted by atomic mass is 16.4. The summed E-state index contributed by atoms with van der Waals surface area (Å²) in [6, 6.07) is -7.69. The van der Waals surface area contributed by atoms with Gasteiger partial charge in [0.05, 0.1) is 6.04 Å². The molecule has 0 aromatic heterocycles. The number of aliphatic carboxylic acids is 3. The van der Waals surface area contributed by atoms with Crippen LogP contribution >= 0.6 is 0 Å². The molecule has 2 fully saturated rings. The number of likely N-dealkylation sites (tertiary alicyclic amines) is 1. The van der Waals surface area contributed by atoms with Crippen molar-refractivity contribution in [2.75, 3.05) is 13.1 Å². The van der Waals surface area contributed by atoms with E-state index in [2.05, 4.69) is 26.6 Å². The van der Waals surface area contributed by atoms with Gasteiger partial charge in [-0.2, -0.15) is 0 Å². The predicted molar refractivity (Wildman–Crippen MR) is 206 cm³/mol. The molecule has 1 saturated carbocycles. The van der Waals surface area contributed by atoms with E-state index in [-0.39, 0.29) is 31.7 Å². The first kappa shape index (κ1) is 49.5. The van der Waals surface area contributed by atoms with Crippen LogP contribution in [0.1, 0.15) is 111 Å². The summed E-state index contributed by atoms with van der Waals surface area (Å²) in [7, 11) is 0. The average Bonchev–Trinajstić information content (AvgIpc) is 3.67. The minimum Gasteiger partial charge on any atom is -0.481 e. The molecule has 9 N–H and O–H groups in total. The van der Waals surface area contributed by atoms with E-state index in [1.165, 1.54) is 4.90 Å². The maximum atomic E-state index is 14.4. The number of hydrogen-bond donors (Lipinski definition) is 9. The van der Waals surface area contributed by atoms with Gasteiger partial charge in [0.2, 0.25) is 41.2 Å². The fraction of sp³-hybridized carbons (Fsp3) is 0.711. The lowest BCUT2D eigenvalue weighted by Gasteiger charge is -2.36. The number of ketones is 1. The molecule has 0 bridgehead atoms. The van der Waals surface area contributed by atoms with E-state index in [1.54, 1.807) is 20.8 Å². The molecule has 1 heterocycles. The van der Waals surface area contributed by atoms with Crippen molar-refractivity contribution in [2.24, 2.45) is 11.8 Å². The normalized spacial score (nSPS) is 17.9. The maximum Gasteiger partial charge on any atom is 0.322 e. The first-order chi connectivity index (χ1) is 27.8. The standard InChI is InChI=1S/C38H59N7O14/c1-5-10-23(32(53)37(58)39-19-29(51)52)41-35(56)26-13-9-18-45(26)38(59)31(22-11-7-6-8-12-22)44-36(57)30(20(2)3)43-34(55)25(15-17-28(49)50)42-33(54)24(40-21(4)46)14-16-27(47)48/h20,22-26,30-31H,5-19H2,1-4H3,(H,39,58)(H,40,46)(H,41,56)(H,42,54)(H,43,55)(H,44,57)(H,47,48)(H,49,50)(H,51,52).